The maximum atomic E-state index is 11.7. The molecule has 98 valence electrons. The van der Waals surface area contributed by atoms with Gasteiger partial charge in [-0.3, -0.25) is 0 Å². The van der Waals surface area contributed by atoms with E-state index in [4.69, 9.17) is 0 Å². The summed E-state index contributed by atoms with van der Waals surface area (Å²) in [5.74, 6) is 0.724. The molecule has 2 aliphatic rings. The van der Waals surface area contributed by atoms with Crippen LogP contribution in [0.3, 0.4) is 0 Å². The zero-order valence-electron chi connectivity index (χ0n) is 11.2. The molecule has 2 N–H and O–H groups in total. The van der Waals surface area contributed by atoms with Gasteiger partial charge in [-0.05, 0) is 43.4 Å². The Kier molecular flexibility index (Phi) is 3.95. The third-order valence-electron chi connectivity index (χ3n) is 4.04. The fourth-order valence-corrected chi connectivity index (χ4v) is 3.18. The summed E-state index contributed by atoms with van der Waals surface area (Å²) >= 11 is 0. The molecule has 0 aromatic rings. The van der Waals surface area contributed by atoms with E-state index < -0.39 is 0 Å². The van der Waals surface area contributed by atoms with E-state index in [-0.39, 0.29) is 6.03 Å². The second kappa shape index (κ2) is 5.28. The van der Waals surface area contributed by atoms with Crippen LogP contribution < -0.4 is 10.6 Å². The van der Waals surface area contributed by atoms with Crippen molar-refractivity contribution < 1.29 is 4.79 Å². The molecule has 2 amide bonds. The lowest BCUT2D eigenvalue weighted by molar-refractivity contribution is 0.208. The van der Waals surface area contributed by atoms with E-state index >= 15 is 0 Å². The van der Waals surface area contributed by atoms with Crippen molar-refractivity contribution in [2.45, 2.75) is 64.8 Å². The smallest absolute Gasteiger partial charge is 0.315 e. The molecule has 0 unspecified atom stereocenters. The molecule has 0 saturated heterocycles. The van der Waals surface area contributed by atoms with Crippen LogP contribution in [-0.4, -0.2) is 18.6 Å². The summed E-state index contributed by atoms with van der Waals surface area (Å²) in [6.45, 7) is 5.43. The molecular weight excluding hydrogens is 212 g/mol. The highest BCUT2D eigenvalue weighted by Crippen LogP contribution is 2.42. The molecule has 0 heterocycles. The van der Waals surface area contributed by atoms with Crippen molar-refractivity contribution in [3.63, 3.8) is 0 Å². The lowest BCUT2D eigenvalue weighted by Crippen LogP contribution is -2.43. The summed E-state index contributed by atoms with van der Waals surface area (Å²) in [4.78, 5) is 11.7. The number of urea groups is 1. The number of hydrogen-bond donors (Lipinski definition) is 2. The van der Waals surface area contributed by atoms with E-state index in [1.807, 2.05) is 0 Å². The molecule has 3 heteroatoms. The van der Waals surface area contributed by atoms with Crippen molar-refractivity contribution in [1.82, 2.24) is 10.6 Å². The first-order valence-electron chi connectivity index (χ1n) is 7.14. The van der Waals surface area contributed by atoms with Gasteiger partial charge in [0.2, 0.25) is 0 Å². The van der Waals surface area contributed by atoms with E-state index in [1.165, 1.54) is 32.1 Å². The lowest BCUT2D eigenvalue weighted by atomic mass is 9.78. The normalized spacial score (nSPS) is 22.8. The first kappa shape index (κ1) is 12.7. The zero-order valence-corrected chi connectivity index (χ0v) is 11.2. The SMILES string of the molecule is CC(C)CC1(CNC(=O)NC2CC2)CCCC1. The summed E-state index contributed by atoms with van der Waals surface area (Å²) in [6, 6.07) is 0.502. The summed E-state index contributed by atoms with van der Waals surface area (Å²) in [6.07, 6.45) is 8.80. The molecule has 2 rings (SSSR count). The topological polar surface area (TPSA) is 41.1 Å². The van der Waals surface area contributed by atoms with Gasteiger partial charge in [0.25, 0.3) is 0 Å². The minimum Gasteiger partial charge on any atom is -0.338 e. The second-order valence-electron chi connectivity index (χ2n) is 6.41. The Morgan fingerprint density at radius 2 is 1.94 bits per heavy atom. The minimum atomic E-state index is 0.0440. The van der Waals surface area contributed by atoms with Gasteiger partial charge in [-0.15, -0.1) is 0 Å². The molecular formula is C14H26N2O. The van der Waals surface area contributed by atoms with Crippen molar-refractivity contribution in [2.75, 3.05) is 6.54 Å². The highest BCUT2D eigenvalue weighted by atomic mass is 16.2. The Morgan fingerprint density at radius 3 is 2.47 bits per heavy atom. The Morgan fingerprint density at radius 1 is 1.29 bits per heavy atom. The first-order chi connectivity index (χ1) is 8.10. The number of amides is 2. The van der Waals surface area contributed by atoms with Crippen LogP contribution >= 0.6 is 0 Å². The number of carbonyl (C=O) groups is 1. The van der Waals surface area contributed by atoms with Crippen molar-refractivity contribution >= 4 is 6.03 Å². The average molecular weight is 238 g/mol. The molecule has 0 aromatic carbocycles. The van der Waals surface area contributed by atoms with Gasteiger partial charge in [0.1, 0.15) is 0 Å². The van der Waals surface area contributed by atoms with E-state index in [1.54, 1.807) is 0 Å². The van der Waals surface area contributed by atoms with E-state index in [0.29, 0.717) is 11.5 Å². The Balaban J connectivity index is 1.78. The van der Waals surface area contributed by atoms with Gasteiger partial charge in [-0.1, -0.05) is 26.7 Å². The third kappa shape index (κ3) is 3.90. The maximum absolute atomic E-state index is 11.7. The molecule has 2 saturated carbocycles. The van der Waals surface area contributed by atoms with Crippen LogP contribution in [0.25, 0.3) is 0 Å². The predicted octanol–water partition coefficient (Wildman–Crippen LogP) is 3.05. The molecule has 0 spiro atoms. The number of hydrogen-bond acceptors (Lipinski definition) is 1. The largest absolute Gasteiger partial charge is 0.338 e. The molecule has 3 nitrogen and oxygen atoms in total. The number of rotatable bonds is 5. The number of nitrogens with one attached hydrogen (secondary N) is 2. The van der Waals surface area contributed by atoms with Crippen LogP contribution in [0.1, 0.15) is 58.8 Å². The van der Waals surface area contributed by atoms with Crippen LogP contribution in [0.2, 0.25) is 0 Å². The van der Waals surface area contributed by atoms with Gasteiger partial charge in [0, 0.05) is 12.6 Å². The maximum Gasteiger partial charge on any atom is 0.315 e. The Bertz CT molecular complexity index is 265. The predicted molar refractivity (Wildman–Crippen MR) is 69.9 cm³/mol. The lowest BCUT2D eigenvalue weighted by Gasteiger charge is -2.31. The summed E-state index contributed by atoms with van der Waals surface area (Å²) in [5.41, 5.74) is 0.384. The highest BCUT2D eigenvalue weighted by Gasteiger charge is 2.35. The third-order valence-corrected chi connectivity index (χ3v) is 4.04. The average Bonchev–Trinajstić information content (AvgIpc) is 2.94. The van der Waals surface area contributed by atoms with Crippen molar-refractivity contribution in [3.8, 4) is 0 Å². The van der Waals surface area contributed by atoms with Crippen LogP contribution in [0.4, 0.5) is 4.79 Å². The standard InChI is InChI=1S/C14H26N2O/c1-11(2)9-14(7-3-4-8-14)10-15-13(17)16-12-5-6-12/h11-12H,3-10H2,1-2H3,(H2,15,16,17). The zero-order chi connectivity index (χ0) is 12.3. The van der Waals surface area contributed by atoms with Crippen molar-refractivity contribution in [1.29, 1.82) is 0 Å². The first-order valence-corrected chi connectivity index (χ1v) is 7.14. The molecule has 0 bridgehead atoms. The van der Waals surface area contributed by atoms with Crippen molar-refractivity contribution in [3.05, 3.63) is 0 Å². The quantitative estimate of drug-likeness (QED) is 0.759. The monoisotopic (exact) mass is 238 g/mol. The Labute approximate surface area is 105 Å². The molecule has 2 aliphatic carbocycles. The fraction of sp³-hybridized carbons (Fsp3) is 0.929. The van der Waals surface area contributed by atoms with E-state index in [0.717, 1.165) is 25.3 Å². The van der Waals surface area contributed by atoms with Gasteiger partial charge in [0.15, 0.2) is 0 Å². The Hall–Kier alpha value is -0.730. The van der Waals surface area contributed by atoms with Crippen LogP contribution in [0.5, 0.6) is 0 Å². The van der Waals surface area contributed by atoms with Gasteiger partial charge < -0.3 is 10.6 Å². The number of carbonyl (C=O) groups excluding carboxylic acids is 1. The van der Waals surface area contributed by atoms with Crippen LogP contribution in [-0.2, 0) is 0 Å². The molecule has 0 atom stereocenters. The van der Waals surface area contributed by atoms with Gasteiger partial charge in [0.05, 0.1) is 0 Å². The molecule has 0 aliphatic heterocycles. The van der Waals surface area contributed by atoms with Gasteiger partial charge >= 0.3 is 6.03 Å². The molecule has 0 aromatic heterocycles. The van der Waals surface area contributed by atoms with E-state index in [9.17, 15) is 4.79 Å². The summed E-state index contributed by atoms with van der Waals surface area (Å²) < 4.78 is 0. The van der Waals surface area contributed by atoms with Crippen LogP contribution in [0, 0.1) is 11.3 Å². The fourth-order valence-electron chi connectivity index (χ4n) is 3.18. The molecule has 2 fully saturated rings. The highest BCUT2D eigenvalue weighted by molar-refractivity contribution is 5.74. The molecule has 0 radical (unpaired) electrons. The second-order valence-corrected chi connectivity index (χ2v) is 6.41. The van der Waals surface area contributed by atoms with Crippen LogP contribution in [0.15, 0.2) is 0 Å². The molecule has 17 heavy (non-hydrogen) atoms. The summed E-state index contributed by atoms with van der Waals surface area (Å²) in [7, 11) is 0. The van der Waals surface area contributed by atoms with Gasteiger partial charge in [-0.2, -0.15) is 0 Å². The van der Waals surface area contributed by atoms with Crippen molar-refractivity contribution in [2.24, 2.45) is 11.3 Å². The van der Waals surface area contributed by atoms with E-state index in [2.05, 4.69) is 24.5 Å². The van der Waals surface area contributed by atoms with Gasteiger partial charge in [-0.25, -0.2) is 4.79 Å². The minimum absolute atomic E-state index is 0.0440. The summed E-state index contributed by atoms with van der Waals surface area (Å²) in [5, 5.41) is 6.09.